The van der Waals surface area contributed by atoms with Gasteiger partial charge in [0.1, 0.15) is 12.4 Å². The lowest BCUT2D eigenvalue weighted by atomic mass is 10.4. The van der Waals surface area contributed by atoms with Gasteiger partial charge in [-0.25, -0.2) is 9.78 Å². The Morgan fingerprint density at radius 1 is 1.50 bits per heavy atom. The van der Waals surface area contributed by atoms with E-state index in [-0.39, 0.29) is 12.6 Å². The third-order valence-electron chi connectivity index (χ3n) is 2.60. The molecule has 1 N–H and O–H groups in total. The second-order valence-corrected chi connectivity index (χ2v) is 4.00. The Morgan fingerprint density at radius 3 is 2.61 bits per heavy atom. The lowest BCUT2D eigenvalue weighted by Crippen LogP contribution is -2.43. The number of aliphatic carboxylic acids is 1. The predicted molar refractivity (Wildman–Crippen MR) is 65.0 cm³/mol. The van der Waals surface area contributed by atoms with Crippen LogP contribution in [0.25, 0.3) is 0 Å². The van der Waals surface area contributed by atoms with Gasteiger partial charge >= 0.3 is 12.0 Å². The summed E-state index contributed by atoms with van der Waals surface area (Å²) in [5.74, 6) is -0.271. The van der Waals surface area contributed by atoms with Gasteiger partial charge in [-0.3, -0.25) is 4.79 Å². The van der Waals surface area contributed by atoms with Crippen LogP contribution in [0.4, 0.5) is 4.79 Å². The van der Waals surface area contributed by atoms with Gasteiger partial charge in [-0.1, -0.05) is 0 Å². The highest BCUT2D eigenvalue weighted by Gasteiger charge is 2.19. The van der Waals surface area contributed by atoms with Gasteiger partial charge < -0.3 is 19.5 Å². The molecule has 18 heavy (non-hydrogen) atoms. The molecule has 7 heteroatoms. The third kappa shape index (κ3) is 3.47. The van der Waals surface area contributed by atoms with Gasteiger partial charge in [0.2, 0.25) is 0 Å². The molecule has 2 amide bonds. The van der Waals surface area contributed by atoms with Gasteiger partial charge in [0.05, 0.1) is 6.54 Å². The Hall–Kier alpha value is -2.05. The smallest absolute Gasteiger partial charge is 0.323 e. The second kappa shape index (κ2) is 6.04. The molecule has 0 spiro atoms. The van der Waals surface area contributed by atoms with Gasteiger partial charge in [-0.05, 0) is 6.92 Å². The largest absolute Gasteiger partial charge is 0.480 e. The summed E-state index contributed by atoms with van der Waals surface area (Å²) >= 11 is 0. The highest BCUT2D eigenvalue weighted by Crippen LogP contribution is 2.03. The number of carboxylic acid groups (broad SMARTS) is 1. The van der Waals surface area contributed by atoms with E-state index in [1.165, 1.54) is 9.80 Å². The van der Waals surface area contributed by atoms with E-state index in [2.05, 4.69) is 4.98 Å². The first-order valence-electron chi connectivity index (χ1n) is 5.63. The topological polar surface area (TPSA) is 78.7 Å². The minimum atomic E-state index is -1.02. The van der Waals surface area contributed by atoms with E-state index in [9.17, 15) is 9.59 Å². The summed E-state index contributed by atoms with van der Waals surface area (Å²) in [5.41, 5.74) is 0. The second-order valence-electron chi connectivity index (χ2n) is 4.00. The quantitative estimate of drug-likeness (QED) is 0.823. The Bertz CT molecular complexity index is 430. The summed E-state index contributed by atoms with van der Waals surface area (Å²) in [4.78, 5) is 29.5. The molecule has 1 heterocycles. The first-order valence-corrected chi connectivity index (χ1v) is 5.63. The number of aryl methyl sites for hydroxylation is 1. The summed E-state index contributed by atoms with van der Waals surface area (Å²) in [6, 6.07) is -0.317. The molecular formula is C11H18N4O3. The summed E-state index contributed by atoms with van der Waals surface area (Å²) in [5, 5.41) is 8.72. The summed E-state index contributed by atoms with van der Waals surface area (Å²) in [6.45, 7) is 2.16. The number of carbonyl (C=O) groups is 2. The number of hydrogen-bond donors (Lipinski definition) is 1. The van der Waals surface area contributed by atoms with Gasteiger partial charge in [-0.15, -0.1) is 0 Å². The van der Waals surface area contributed by atoms with E-state index >= 15 is 0 Å². The Kier molecular flexibility index (Phi) is 4.70. The van der Waals surface area contributed by atoms with E-state index in [4.69, 9.17) is 5.11 Å². The number of hydrogen-bond acceptors (Lipinski definition) is 3. The Morgan fingerprint density at radius 2 is 2.17 bits per heavy atom. The fraction of sp³-hybridized carbons (Fsp3) is 0.545. The van der Waals surface area contributed by atoms with Gasteiger partial charge in [0.15, 0.2) is 0 Å². The maximum atomic E-state index is 12.0. The number of amides is 2. The molecule has 1 aromatic rings. The van der Waals surface area contributed by atoms with E-state index in [0.717, 1.165) is 5.82 Å². The van der Waals surface area contributed by atoms with Crippen molar-refractivity contribution in [3.8, 4) is 0 Å². The monoisotopic (exact) mass is 254 g/mol. The molecule has 0 saturated heterocycles. The lowest BCUT2D eigenvalue weighted by Gasteiger charge is -2.25. The van der Waals surface area contributed by atoms with Crippen molar-refractivity contribution in [2.45, 2.75) is 13.5 Å². The number of carboxylic acids is 1. The predicted octanol–water partition coefficient (Wildman–Crippen LogP) is 0.378. The fourth-order valence-corrected chi connectivity index (χ4v) is 1.55. The molecule has 0 saturated carbocycles. The van der Waals surface area contributed by atoms with Crippen molar-refractivity contribution in [3.63, 3.8) is 0 Å². The van der Waals surface area contributed by atoms with Crippen molar-refractivity contribution in [3.05, 3.63) is 18.2 Å². The van der Waals surface area contributed by atoms with Crippen molar-refractivity contribution in [2.24, 2.45) is 7.05 Å². The normalized spacial score (nSPS) is 10.2. The highest BCUT2D eigenvalue weighted by molar-refractivity contribution is 5.79. The van der Waals surface area contributed by atoms with Crippen LogP contribution >= 0.6 is 0 Å². The minimum absolute atomic E-state index is 0.291. The van der Waals surface area contributed by atoms with Crippen LogP contribution in [0, 0.1) is 0 Å². The Balaban J connectivity index is 2.65. The van der Waals surface area contributed by atoms with Crippen molar-refractivity contribution < 1.29 is 14.7 Å². The van der Waals surface area contributed by atoms with Crippen LogP contribution in [0.3, 0.4) is 0 Å². The van der Waals surface area contributed by atoms with Crippen molar-refractivity contribution in [1.82, 2.24) is 19.4 Å². The zero-order valence-corrected chi connectivity index (χ0v) is 10.8. The molecule has 0 aromatic carbocycles. The standard InChI is InChI=1S/C11H18N4O3/c1-4-15(8-10(16)17)11(18)14(3)7-9-12-5-6-13(9)2/h5-6H,4,7-8H2,1-3H3,(H,16,17). The highest BCUT2D eigenvalue weighted by atomic mass is 16.4. The van der Waals surface area contributed by atoms with Gasteiger partial charge in [-0.2, -0.15) is 0 Å². The number of carbonyl (C=O) groups excluding carboxylic acids is 1. The van der Waals surface area contributed by atoms with Crippen molar-refractivity contribution in [2.75, 3.05) is 20.1 Å². The van der Waals surface area contributed by atoms with E-state index in [0.29, 0.717) is 13.1 Å². The van der Waals surface area contributed by atoms with Crippen LogP contribution in [0.15, 0.2) is 12.4 Å². The van der Waals surface area contributed by atoms with Crippen molar-refractivity contribution >= 4 is 12.0 Å². The molecule has 0 unspecified atom stereocenters. The molecule has 0 bridgehead atoms. The number of aromatic nitrogens is 2. The molecule has 7 nitrogen and oxygen atoms in total. The minimum Gasteiger partial charge on any atom is -0.480 e. The van der Waals surface area contributed by atoms with Crippen LogP contribution in [-0.2, 0) is 18.4 Å². The van der Waals surface area contributed by atoms with Crippen LogP contribution in [0.5, 0.6) is 0 Å². The molecule has 1 rings (SSSR count). The average Bonchev–Trinajstić information content (AvgIpc) is 2.70. The summed E-state index contributed by atoms with van der Waals surface area (Å²) in [6.07, 6.45) is 3.45. The first-order chi connectivity index (χ1) is 8.45. The number of imidazole rings is 1. The van der Waals surface area contributed by atoms with Crippen molar-refractivity contribution in [1.29, 1.82) is 0 Å². The van der Waals surface area contributed by atoms with E-state index in [1.54, 1.807) is 26.4 Å². The molecule has 0 aliphatic carbocycles. The number of nitrogens with zero attached hydrogens (tertiary/aromatic N) is 4. The number of likely N-dealkylation sites (N-methyl/N-ethyl adjacent to an activating group) is 1. The zero-order chi connectivity index (χ0) is 13.7. The molecule has 0 radical (unpaired) electrons. The maximum absolute atomic E-state index is 12.0. The summed E-state index contributed by atoms with van der Waals surface area (Å²) in [7, 11) is 3.47. The molecule has 0 atom stereocenters. The van der Waals surface area contributed by atoms with Crippen LogP contribution < -0.4 is 0 Å². The lowest BCUT2D eigenvalue weighted by molar-refractivity contribution is -0.137. The zero-order valence-electron chi connectivity index (χ0n) is 10.8. The molecule has 0 fully saturated rings. The van der Waals surface area contributed by atoms with E-state index in [1.807, 2.05) is 11.6 Å². The molecule has 0 aliphatic rings. The Labute approximate surface area is 106 Å². The molecule has 1 aromatic heterocycles. The van der Waals surface area contributed by atoms with Crippen LogP contribution in [0.1, 0.15) is 12.7 Å². The van der Waals surface area contributed by atoms with Crippen LogP contribution in [0.2, 0.25) is 0 Å². The number of rotatable bonds is 5. The first kappa shape index (κ1) is 14.0. The molecule has 100 valence electrons. The summed E-state index contributed by atoms with van der Waals surface area (Å²) < 4.78 is 1.82. The molecule has 0 aliphatic heterocycles. The third-order valence-corrected chi connectivity index (χ3v) is 2.60. The fourth-order valence-electron chi connectivity index (χ4n) is 1.55. The van der Waals surface area contributed by atoms with Gasteiger partial charge in [0, 0.05) is 33.0 Å². The van der Waals surface area contributed by atoms with E-state index < -0.39 is 5.97 Å². The average molecular weight is 254 g/mol. The maximum Gasteiger partial charge on any atom is 0.323 e. The van der Waals surface area contributed by atoms with Crippen LogP contribution in [-0.4, -0.2) is 56.6 Å². The number of urea groups is 1. The molecular weight excluding hydrogens is 236 g/mol. The van der Waals surface area contributed by atoms with Gasteiger partial charge in [0.25, 0.3) is 0 Å². The SMILES string of the molecule is CCN(CC(=O)O)C(=O)N(C)Cc1nccn1C.